The minimum Gasteiger partial charge on any atom is -0.325 e. The van der Waals surface area contributed by atoms with Crippen molar-refractivity contribution in [3.8, 4) is 0 Å². The molecule has 72 valence electrons. The van der Waals surface area contributed by atoms with Crippen LogP contribution in [0.1, 0.15) is 52.9 Å². The van der Waals surface area contributed by atoms with E-state index in [-0.39, 0.29) is 5.54 Å². The molecule has 0 aromatic carbocycles. The van der Waals surface area contributed by atoms with Gasteiger partial charge in [0.1, 0.15) is 0 Å². The van der Waals surface area contributed by atoms with E-state index in [1.54, 1.807) is 0 Å². The van der Waals surface area contributed by atoms with Gasteiger partial charge in [-0.3, -0.25) is 0 Å². The summed E-state index contributed by atoms with van der Waals surface area (Å²) in [6.45, 7) is 6.90. The van der Waals surface area contributed by atoms with E-state index in [1.807, 2.05) is 0 Å². The van der Waals surface area contributed by atoms with Gasteiger partial charge in [-0.25, -0.2) is 0 Å². The van der Waals surface area contributed by atoms with Crippen molar-refractivity contribution >= 4 is 0 Å². The van der Waals surface area contributed by atoms with Gasteiger partial charge in [0, 0.05) is 5.54 Å². The minimum absolute atomic E-state index is 0.189. The van der Waals surface area contributed by atoms with Gasteiger partial charge in [-0.1, -0.05) is 27.2 Å². The second-order valence-corrected chi connectivity index (χ2v) is 4.93. The van der Waals surface area contributed by atoms with Crippen LogP contribution < -0.4 is 5.73 Å². The Morgan fingerprint density at radius 2 is 2.25 bits per heavy atom. The van der Waals surface area contributed by atoms with Crippen LogP contribution in [0.5, 0.6) is 0 Å². The Bertz CT molecular complexity index is 144. The Balaban J connectivity index is 2.39. The first-order valence-corrected chi connectivity index (χ1v) is 5.34. The van der Waals surface area contributed by atoms with Gasteiger partial charge in [0.15, 0.2) is 0 Å². The molecule has 0 aromatic rings. The van der Waals surface area contributed by atoms with Crippen LogP contribution in [0, 0.1) is 11.8 Å². The van der Waals surface area contributed by atoms with Gasteiger partial charge < -0.3 is 5.73 Å². The Morgan fingerprint density at radius 1 is 1.58 bits per heavy atom. The van der Waals surface area contributed by atoms with Crippen LogP contribution in [-0.4, -0.2) is 5.54 Å². The van der Waals surface area contributed by atoms with Crippen molar-refractivity contribution in [2.24, 2.45) is 17.6 Å². The maximum absolute atomic E-state index is 6.33. The monoisotopic (exact) mass is 169 g/mol. The average molecular weight is 169 g/mol. The molecule has 12 heavy (non-hydrogen) atoms. The second kappa shape index (κ2) is 3.78. The van der Waals surface area contributed by atoms with Gasteiger partial charge in [0.2, 0.25) is 0 Å². The lowest BCUT2D eigenvalue weighted by atomic mass is 9.86. The van der Waals surface area contributed by atoms with E-state index in [1.165, 1.54) is 32.1 Å². The van der Waals surface area contributed by atoms with Crippen molar-refractivity contribution in [2.45, 2.75) is 58.4 Å². The van der Waals surface area contributed by atoms with Crippen molar-refractivity contribution in [1.82, 2.24) is 0 Å². The number of hydrogen-bond donors (Lipinski definition) is 1. The van der Waals surface area contributed by atoms with Crippen LogP contribution in [0.4, 0.5) is 0 Å². The number of hydrogen-bond acceptors (Lipinski definition) is 1. The lowest BCUT2D eigenvalue weighted by molar-refractivity contribution is 0.322. The van der Waals surface area contributed by atoms with Crippen LogP contribution in [0.25, 0.3) is 0 Å². The molecular weight excluding hydrogens is 146 g/mol. The maximum Gasteiger partial charge on any atom is 0.0159 e. The lowest BCUT2D eigenvalue weighted by Crippen LogP contribution is -2.38. The van der Waals surface area contributed by atoms with E-state index < -0.39 is 0 Å². The lowest BCUT2D eigenvalue weighted by Gasteiger charge is -2.27. The fraction of sp³-hybridized carbons (Fsp3) is 1.00. The summed E-state index contributed by atoms with van der Waals surface area (Å²) in [4.78, 5) is 0. The highest BCUT2D eigenvalue weighted by Gasteiger charge is 2.34. The summed E-state index contributed by atoms with van der Waals surface area (Å²) >= 11 is 0. The molecule has 0 spiro atoms. The molecule has 0 saturated heterocycles. The summed E-state index contributed by atoms with van der Waals surface area (Å²) in [5.41, 5.74) is 6.52. The average Bonchev–Trinajstić information content (AvgIpc) is 2.30. The fourth-order valence-electron chi connectivity index (χ4n) is 2.46. The normalized spacial score (nSPS) is 38.5. The third kappa shape index (κ3) is 2.48. The summed E-state index contributed by atoms with van der Waals surface area (Å²) < 4.78 is 0. The van der Waals surface area contributed by atoms with Gasteiger partial charge in [-0.2, -0.15) is 0 Å². The van der Waals surface area contributed by atoms with Crippen LogP contribution >= 0.6 is 0 Å². The first-order valence-electron chi connectivity index (χ1n) is 5.34. The third-order valence-corrected chi connectivity index (χ3v) is 3.34. The largest absolute Gasteiger partial charge is 0.325 e. The fourth-order valence-corrected chi connectivity index (χ4v) is 2.46. The molecule has 3 unspecified atom stereocenters. The highest BCUT2D eigenvalue weighted by atomic mass is 14.8. The smallest absolute Gasteiger partial charge is 0.0159 e. The molecule has 2 N–H and O–H groups in total. The molecule has 0 amide bonds. The SMILES string of the molecule is CCC(C)CC1(N)CCC(C)C1. The molecule has 1 saturated carbocycles. The summed E-state index contributed by atoms with van der Waals surface area (Å²) in [7, 11) is 0. The Labute approximate surface area is 76.7 Å². The predicted molar refractivity (Wildman–Crippen MR) is 54.0 cm³/mol. The van der Waals surface area contributed by atoms with Crippen LogP contribution in [0.15, 0.2) is 0 Å². The predicted octanol–water partition coefficient (Wildman–Crippen LogP) is 2.94. The second-order valence-electron chi connectivity index (χ2n) is 4.93. The van der Waals surface area contributed by atoms with Crippen molar-refractivity contribution in [2.75, 3.05) is 0 Å². The van der Waals surface area contributed by atoms with E-state index in [0.717, 1.165) is 11.8 Å². The van der Waals surface area contributed by atoms with E-state index in [0.29, 0.717) is 0 Å². The number of rotatable bonds is 3. The molecule has 1 heteroatoms. The van der Waals surface area contributed by atoms with Crippen LogP contribution in [0.3, 0.4) is 0 Å². The molecule has 1 rings (SSSR count). The van der Waals surface area contributed by atoms with E-state index >= 15 is 0 Å². The van der Waals surface area contributed by atoms with E-state index in [4.69, 9.17) is 5.73 Å². The van der Waals surface area contributed by atoms with Gasteiger partial charge >= 0.3 is 0 Å². The minimum atomic E-state index is 0.189. The zero-order valence-corrected chi connectivity index (χ0v) is 8.77. The first-order chi connectivity index (χ1) is 5.56. The molecule has 1 fully saturated rings. The molecule has 3 atom stereocenters. The Hall–Kier alpha value is -0.0400. The summed E-state index contributed by atoms with van der Waals surface area (Å²) in [6.07, 6.45) is 6.34. The first kappa shape index (κ1) is 10.0. The van der Waals surface area contributed by atoms with Gasteiger partial charge in [-0.15, -0.1) is 0 Å². The molecular formula is C11H23N. The zero-order valence-electron chi connectivity index (χ0n) is 8.77. The zero-order chi connectivity index (χ0) is 9.19. The molecule has 1 aliphatic carbocycles. The molecule has 0 bridgehead atoms. The highest BCUT2D eigenvalue weighted by Crippen LogP contribution is 2.36. The van der Waals surface area contributed by atoms with Crippen molar-refractivity contribution in [1.29, 1.82) is 0 Å². The Morgan fingerprint density at radius 3 is 2.67 bits per heavy atom. The topological polar surface area (TPSA) is 26.0 Å². The molecule has 1 aliphatic rings. The molecule has 0 heterocycles. The van der Waals surface area contributed by atoms with Gasteiger partial charge in [-0.05, 0) is 37.5 Å². The number of nitrogens with two attached hydrogens (primary N) is 1. The highest BCUT2D eigenvalue weighted by molar-refractivity contribution is 4.92. The van der Waals surface area contributed by atoms with Crippen molar-refractivity contribution < 1.29 is 0 Å². The van der Waals surface area contributed by atoms with Crippen LogP contribution in [0.2, 0.25) is 0 Å². The maximum atomic E-state index is 6.33. The van der Waals surface area contributed by atoms with Gasteiger partial charge in [0.05, 0.1) is 0 Å². The van der Waals surface area contributed by atoms with Crippen molar-refractivity contribution in [3.63, 3.8) is 0 Å². The van der Waals surface area contributed by atoms with E-state index in [9.17, 15) is 0 Å². The Kier molecular flexibility index (Phi) is 3.16. The summed E-state index contributed by atoms with van der Waals surface area (Å²) in [5, 5.41) is 0. The molecule has 0 radical (unpaired) electrons. The summed E-state index contributed by atoms with van der Waals surface area (Å²) in [6, 6.07) is 0. The molecule has 1 nitrogen and oxygen atoms in total. The van der Waals surface area contributed by atoms with Crippen molar-refractivity contribution in [3.05, 3.63) is 0 Å². The third-order valence-electron chi connectivity index (χ3n) is 3.34. The summed E-state index contributed by atoms with van der Waals surface area (Å²) in [5.74, 6) is 1.67. The van der Waals surface area contributed by atoms with Gasteiger partial charge in [0.25, 0.3) is 0 Å². The van der Waals surface area contributed by atoms with Crippen LogP contribution in [-0.2, 0) is 0 Å². The molecule has 0 aromatic heterocycles. The quantitative estimate of drug-likeness (QED) is 0.690. The standard InChI is InChI=1S/C11H23N/c1-4-9(2)7-11(12)6-5-10(3)8-11/h9-10H,4-8,12H2,1-3H3. The molecule has 0 aliphatic heterocycles. The van der Waals surface area contributed by atoms with E-state index in [2.05, 4.69) is 20.8 Å².